The lowest BCUT2D eigenvalue weighted by Crippen LogP contribution is -2.51. The molecule has 3 aliphatic heterocycles. The molecular formula is C24H29FN2O2S. The smallest absolute Gasteiger partial charge is 0.264 e. The molecule has 4 nitrogen and oxygen atoms in total. The zero-order valence-corrected chi connectivity index (χ0v) is 18.3. The van der Waals surface area contributed by atoms with E-state index in [0.717, 1.165) is 91.5 Å². The number of amides is 1. The number of carbonyl (C=O) groups is 1. The number of likely N-dealkylation sites (tertiary alicyclic amines) is 2. The van der Waals surface area contributed by atoms with Gasteiger partial charge in [-0.2, -0.15) is 0 Å². The molecule has 6 heteroatoms. The third-order valence-corrected chi connectivity index (χ3v) is 8.17. The van der Waals surface area contributed by atoms with Crippen LogP contribution in [-0.4, -0.2) is 61.1 Å². The van der Waals surface area contributed by atoms with Gasteiger partial charge < -0.3 is 9.64 Å². The summed E-state index contributed by atoms with van der Waals surface area (Å²) in [6, 6.07) is 8.25. The Morgan fingerprint density at radius 2 is 1.83 bits per heavy atom. The molecule has 0 saturated carbocycles. The molecule has 1 amide bonds. The van der Waals surface area contributed by atoms with Crippen molar-refractivity contribution in [1.29, 1.82) is 0 Å². The summed E-state index contributed by atoms with van der Waals surface area (Å²) in [5.41, 5.74) is 2.70. The van der Waals surface area contributed by atoms with Crippen LogP contribution >= 0.6 is 11.3 Å². The molecule has 160 valence electrons. The van der Waals surface area contributed by atoms with Crippen molar-refractivity contribution in [2.24, 2.45) is 0 Å². The fourth-order valence-electron chi connectivity index (χ4n) is 4.92. The summed E-state index contributed by atoms with van der Waals surface area (Å²) in [6.45, 7) is 7.40. The molecule has 1 aromatic carbocycles. The van der Waals surface area contributed by atoms with Crippen LogP contribution in [0.2, 0.25) is 0 Å². The molecule has 30 heavy (non-hydrogen) atoms. The second kappa shape index (κ2) is 8.40. The Labute approximate surface area is 181 Å². The molecule has 0 N–H and O–H groups in total. The monoisotopic (exact) mass is 428 g/mol. The van der Waals surface area contributed by atoms with E-state index in [1.807, 2.05) is 30.0 Å². The lowest BCUT2D eigenvalue weighted by atomic mass is 9.87. The first-order valence-electron chi connectivity index (χ1n) is 11.1. The lowest BCUT2D eigenvalue weighted by molar-refractivity contribution is -0.0713. The second-order valence-electron chi connectivity index (χ2n) is 8.86. The van der Waals surface area contributed by atoms with Crippen molar-refractivity contribution in [3.05, 3.63) is 46.1 Å². The molecule has 2 aromatic rings. The van der Waals surface area contributed by atoms with Gasteiger partial charge in [-0.3, -0.25) is 9.69 Å². The lowest BCUT2D eigenvalue weighted by Gasteiger charge is -2.41. The Morgan fingerprint density at radius 1 is 1.10 bits per heavy atom. The Hall–Kier alpha value is -1.76. The van der Waals surface area contributed by atoms with Crippen molar-refractivity contribution in [1.82, 2.24) is 9.80 Å². The summed E-state index contributed by atoms with van der Waals surface area (Å²) >= 11 is 1.49. The predicted octanol–water partition coefficient (Wildman–Crippen LogP) is 4.68. The van der Waals surface area contributed by atoms with Gasteiger partial charge in [0, 0.05) is 18.0 Å². The summed E-state index contributed by atoms with van der Waals surface area (Å²) < 4.78 is 20.4. The first-order chi connectivity index (χ1) is 14.6. The van der Waals surface area contributed by atoms with Gasteiger partial charge in [-0.1, -0.05) is 12.1 Å². The largest absolute Gasteiger partial charge is 0.378 e. The Balaban J connectivity index is 1.30. The third-order valence-electron chi connectivity index (χ3n) is 6.90. The fourth-order valence-corrected chi connectivity index (χ4v) is 6.06. The maximum Gasteiger partial charge on any atom is 0.264 e. The van der Waals surface area contributed by atoms with E-state index < -0.39 is 0 Å². The van der Waals surface area contributed by atoms with Gasteiger partial charge in [-0.25, -0.2) is 4.39 Å². The van der Waals surface area contributed by atoms with E-state index >= 15 is 4.39 Å². The first-order valence-corrected chi connectivity index (χ1v) is 11.9. The summed E-state index contributed by atoms with van der Waals surface area (Å²) in [5.74, 6) is 0.298. The average molecular weight is 429 g/mol. The highest BCUT2D eigenvalue weighted by atomic mass is 32.1. The Bertz CT molecular complexity index is 925. The number of carbonyl (C=O) groups excluding carboxylic acids is 1. The van der Waals surface area contributed by atoms with Gasteiger partial charge in [0.1, 0.15) is 5.82 Å². The van der Waals surface area contributed by atoms with Crippen LogP contribution in [0.25, 0.3) is 10.4 Å². The molecule has 3 fully saturated rings. The fraction of sp³-hybridized carbons (Fsp3) is 0.542. The van der Waals surface area contributed by atoms with Crippen LogP contribution in [0.4, 0.5) is 4.39 Å². The number of piperidine rings is 1. The van der Waals surface area contributed by atoms with Gasteiger partial charge in [-0.15, -0.1) is 11.3 Å². The van der Waals surface area contributed by atoms with Crippen LogP contribution in [0.3, 0.4) is 0 Å². The molecule has 3 aliphatic rings. The van der Waals surface area contributed by atoms with Crippen molar-refractivity contribution < 1.29 is 13.9 Å². The number of rotatable bonds is 4. The molecule has 0 unspecified atom stereocenters. The quantitative estimate of drug-likeness (QED) is 0.709. The molecule has 0 spiro atoms. The SMILES string of the molecule is Cc1cc(-c2ccc(C3CCN(C4COC4)CC3)c(F)c2)sc1C(=O)N1CCCC1. The van der Waals surface area contributed by atoms with Crippen LogP contribution in [0.1, 0.15) is 52.4 Å². The molecule has 0 radical (unpaired) electrons. The van der Waals surface area contributed by atoms with Crippen molar-refractivity contribution in [2.45, 2.75) is 44.6 Å². The standard InChI is InChI=1S/C24H29FN2O2S/c1-16-12-22(30-23(16)24(28)27-8-2-3-9-27)18-4-5-20(21(25)13-18)17-6-10-26(11-7-17)19-14-29-15-19/h4-5,12-13,17,19H,2-3,6-11,14-15H2,1H3. The minimum atomic E-state index is -0.114. The summed E-state index contributed by atoms with van der Waals surface area (Å²) in [4.78, 5) is 19.0. The molecule has 0 bridgehead atoms. The highest BCUT2D eigenvalue weighted by Gasteiger charge is 2.31. The van der Waals surface area contributed by atoms with Gasteiger partial charge in [0.2, 0.25) is 0 Å². The van der Waals surface area contributed by atoms with Crippen LogP contribution in [-0.2, 0) is 4.74 Å². The summed E-state index contributed by atoms with van der Waals surface area (Å²) in [6.07, 6.45) is 4.17. The Kier molecular flexibility index (Phi) is 5.65. The van der Waals surface area contributed by atoms with Crippen molar-refractivity contribution in [3.63, 3.8) is 0 Å². The number of benzene rings is 1. The number of hydrogen-bond acceptors (Lipinski definition) is 4. The molecule has 0 aliphatic carbocycles. The van der Waals surface area contributed by atoms with Crippen molar-refractivity contribution >= 4 is 17.2 Å². The van der Waals surface area contributed by atoms with Gasteiger partial charge in [0.15, 0.2) is 0 Å². The molecule has 3 saturated heterocycles. The van der Waals surface area contributed by atoms with Gasteiger partial charge in [-0.05, 0) is 80.4 Å². The number of nitrogens with zero attached hydrogens (tertiary/aromatic N) is 2. The van der Waals surface area contributed by atoms with Crippen molar-refractivity contribution in [2.75, 3.05) is 39.4 Å². The Morgan fingerprint density at radius 3 is 2.47 bits per heavy atom. The summed E-state index contributed by atoms with van der Waals surface area (Å²) in [7, 11) is 0. The minimum Gasteiger partial charge on any atom is -0.378 e. The van der Waals surface area contributed by atoms with E-state index in [-0.39, 0.29) is 17.6 Å². The predicted molar refractivity (Wildman–Crippen MR) is 118 cm³/mol. The first kappa shape index (κ1) is 20.2. The zero-order chi connectivity index (χ0) is 20.7. The minimum absolute atomic E-state index is 0.114. The summed E-state index contributed by atoms with van der Waals surface area (Å²) in [5, 5.41) is 0. The van der Waals surface area contributed by atoms with E-state index in [1.165, 1.54) is 11.3 Å². The van der Waals surface area contributed by atoms with Crippen LogP contribution in [0, 0.1) is 12.7 Å². The molecule has 0 atom stereocenters. The topological polar surface area (TPSA) is 32.8 Å². The van der Waals surface area contributed by atoms with Gasteiger partial charge in [0.25, 0.3) is 5.91 Å². The van der Waals surface area contributed by atoms with E-state index in [4.69, 9.17) is 4.74 Å². The normalized spacial score (nSPS) is 21.2. The van der Waals surface area contributed by atoms with E-state index in [1.54, 1.807) is 6.07 Å². The maximum atomic E-state index is 15.1. The number of ether oxygens (including phenoxy) is 1. The van der Waals surface area contributed by atoms with Crippen LogP contribution in [0.15, 0.2) is 24.3 Å². The molecular weight excluding hydrogens is 399 g/mol. The number of halogens is 1. The van der Waals surface area contributed by atoms with Crippen LogP contribution in [0.5, 0.6) is 0 Å². The van der Waals surface area contributed by atoms with E-state index in [0.29, 0.717) is 6.04 Å². The van der Waals surface area contributed by atoms with Gasteiger partial charge >= 0.3 is 0 Å². The highest BCUT2D eigenvalue weighted by Crippen LogP contribution is 2.36. The van der Waals surface area contributed by atoms with Gasteiger partial charge in [0.05, 0.1) is 24.1 Å². The highest BCUT2D eigenvalue weighted by molar-refractivity contribution is 7.17. The van der Waals surface area contributed by atoms with E-state index in [9.17, 15) is 4.79 Å². The number of thiophene rings is 1. The number of hydrogen-bond donors (Lipinski definition) is 0. The van der Waals surface area contributed by atoms with Crippen LogP contribution < -0.4 is 0 Å². The second-order valence-corrected chi connectivity index (χ2v) is 9.91. The third kappa shape index (κ3) is 3.81. The molecule has 5 rings (SSSR count). The zero-order valence-electron chi connectivity index (χ0n) is 17.5. The van der Waals surface area contributed by atoms with E-state index in [2.05, 4.69) is 4.90 Å². The molecule has 4 heterocycles. The van der Waals surface area contributed by atoms with Crippen molar-refractivity contribution in [3.8, 4) is 10.4 Å². The molecule has 1 aromatic heterocycles. The average Bonchev–Trinajstić information content (AvgIpc) is 3.37. The maximum absolute atomic E-state index is 15.1. The number of aryl methyl sites for hydroxylation is 1.